The molecule has 0 aliphatic heterocycles. The Morgan fingerprint density at radius 3 is 2.55 bits per heavy atom. The van der Waals surface area contributed by atoms with Crippen LogP contribution < -0.4 is 11.0 Å². The van der Waals surface area contributed by atoms with Gasteiger partial charge in [0.2, 0.25) is 5.95 Å². The number of hydrogen-bond acceptors (Lipinski definition) is 4. The van der Waals surface area contributed by atoms with Crippen molar-refractivity contribution >= 4 is 12.2 Å². The van der Waals surface area contributed by atoms with Gasteiger partial charge in [-0.25, -0.2) is 10.4 Å². The minimum Gasteiger partial charge on any atom is -0.291 e. The van der Waals surface area contributed by atoms with Gasteiger partial charge in [-0.15, -0.1) is 0 Å². The van der Waals surface area contributed by atoms with E-state index in [4.69, 9.17) is 0 Å². The van der Waals surface area contributed by atoms with E-state index in [2.05, 4.69) is 53.4 Å². The molecule has 22 heavy (non-hydrogen) atoms. The maximum Gasteiger partial charge on any atom is 0.252 e. The van der Waals surface area contributed by atoms with Gasteiger partial charge in [0.15, 0.2) is 0 Å². The van der Waals surface area contributed by atoms with Crippen LogP contribution in [-0.4, -0.2) is 16.2 Å². The molecule has 0 amide bonds. The SMILES string of the molecule is CCc1cc(=O)[nH]c(N/N=C\c2ccc(C(C)(C)C)cc2)n1. The Hall–Kier alpha value is -2.43. The Bertz CT molecular complexity index is 709. The molecule has 0 fully saturated rings. The highest BCUT2D eigenvalue weighted by atomic mass is 16.1. The van der Waals surface area contributed by atoms with Crippen molar-refractivity contribution in [3.8, 4) is 0 Å². The third-order valence-corrected chi connectivity index (χ3v) is 3.32. The van der Waals surface area contributed by atoms with Crippen LogP contribution in [0.2, 0.25) is 0 Å². The molecule has 116 valence electrons. The zero-order valence-electron chi connectivity index (χ0n) is 13.5. The zero-order valence-corrected chi connectivity index (χ0v) is 13.5. The van der Waals surface area contributed by atoms with Crippen molar-refractivity contribution in [1.82, 2.24) is 9.97 Å². The molecule has 0 radical (unpaired) electrons. The zero-order chi connectivity index (χ0) is 16.2. The van der Waals surface area contributed by atoms with Crippen molar-refractivity contribution in [2.45, 2.75) is 39.5 Å². The lowest BCUT2D eigenvalue weighted by atomic mass is 9.87. The van der Waals surface area contributed by atoms with E-state index in [-0.39, 0.29) is 11.0 Å². The molecule has 0 spiro atoms. The fourth-order valence-electron chi connectivity index (χ4n) is 1.98. The second kappa shape index (κ2) is 6.56. The Morgan fingerprint density at radius 1 is 1.27 bits per heavy atom. The lowest BCUT2D eigenvalue weighted by molar-refractivity contribution is 0.590. The molecule has 2 rings (SSSR count). The third-order valence-electron chi connectivity index (χ3n) is 3.32. The quantitative estimate of drug-likeness (QED) is 0.673. The number of hydrazone groups is 1. The van der Waals surface area contributed by atoms with Crippen LogP contribution in [0.15, 0.2) is 40.2 Å². The molecule has 2 N–H and O–H groups in total. The fraction of sp³-hybridized carbons (Fsp3) is 0.353. The molecule has 0 saturated carbocycles. The maximum absolute atomic E-state index is 11.4. The first-order chi connectivity index (χ1) is 10.4. The van der Waals surface area contributed by atoms with Gasteiger partial charge in [0.1, 0.15) is 0 Å². The molecular formula is C17H22N4O. The van der Waals surface area contributed by atoms with E-state index in [1.165, 1.54) is 11.6 Å². The molecule has 0 aliphatic rings. The van der Waals surface area contributed by atoms with Gasteiger partial charge in [0.05, 0.1) is 6.21 Å². The average Bonchev–Trinajstić information content (AvgIpc) is 2.46. The number of nitrogens with one attached hydrogen (secondary N) is 2. The number of rotatable bonds is 4. The first-order valence-corrected chi connectivity index (χ1v) is 7.38. The molecule has 2 aromatic rings. The largest absolute Gasteiger partial charge is 0.291 e. The lowest BCUT2D eigenvalue weighted by Crippen LogP contribution is -2.11. The number of H-pyrrole nitrogens is 1. The van der Waals surface area contributed by atoms with E-state index >= 15 is 0 Å². The molecule has 0 unspecified atom stereocenters. The molecule has 1 aromatic heterocycles. The highest BCUT2D eigenvalue weighted by Crippen LogP contribution is 2.21. The van der Waals surface area contributed by atoms with Crippen LogP contribution in [0.1, 0.15) is 44.5 Å². The van der Waals surface area contributed by atoms with Crippen LogP contribution >= 0.6 is 0 Å². The van der Waals surface area contributed by atoms with E-state index in [1.807, 2.05) is 19.1 Å². The summed E-state index contributed by atoms with van der Waals surface area (Å²) >= 11 is 0. The van der Waals surface area contributed by atoms with Crippen LogP contribution in [0.4, 0.5) is 5.95 Å². The van der Waals surface area contributed by atoms with Crippen LogP contribution in [0.3, 0.4) is 0 Å². The fourth-order valence-corrected chi connectivity index (χ4v) is 1.98. The van der Waals surface area contributed by atoms with Crippen LogP contribution in [-0.2, 0) is 11.8 Å². The van der Waals surface area contributed by atoms with Crippen molar-refractivity contribution in [2.75, 3.05) is 5.43 Å². The molecule has 5 nitrogen and oxygen atoms in total. The van der Waals surface area contributed by atoms with Crippen molar-refractivity contribution in [3.05, 3.63) is 57.5 Å². The van der Waals surface area contributed by atoms with Gasteiger partial charge in [-0.05, 0) is 23.0 Å². The standard InChI is InChI=1S/C17H22N4O/c1-5-14-10-15(22)20-16(19-14)21-18-11-12-6-8-13(9-7-12)17(2,3)4/h6-11H,5H2,1-4H3,(H2,19,20,21,22)/b18-11-. The highest BCUT2D eigenvalue weighted by molar-refractivity contribution is 5.80. The first-order valence-electron chi connectivity index (χ1n) is 7.38. The number of anilines is 1. The Labute approximate surface area is 130 Å². The van der Waals surface area contributed by atoms with Gasteiger partial charge in [-0.1, -0.05) is 52.0 Å². The molecule has 1 aromatic carbocycles. The van der Waals surface area contributed by atoms with Crippen molar-refractivity contribution in [2.24, 2.45) is 5.10 Å². The number of aromatic amines is 1. The number of aryl methyl sites for hydroxylation is 1. The second-order valence-electron chi connectivity index (χ2n) is 6.18. The van der Waals surface area contributed by atoms with E-state index in [1.54, 1.807) is 6.21 Å². The molecule has 0 aliphatic carbocycles. The minimum absolute atomic E-state index is 0.137. The monoisotopic (exact) mass is 298 g/mol. The number of hydrogen-bond donors (Lipinski definition) is 2. The molecule has 0 atom stereocenters. The third kappa shape index (κ3) is 4.28. The number of nitrogens with zero attached hydrogens (tertiary/aromatic N) is 2. The van der Waals surface area contributed by atoms with Crippen LogP contribution in [0.25, 0.3) is 0 Å². The van der Waals surface area contributed by atoms with Gasteiger partial charge in [0, 0.05) is 11.8 Å². The van der Waals surface area contributed by atoms with Gasteiger partial charge >= 0.3 is 0 Å². The molecular weight excluding hydrogens is 276 g/mol. The summed E-state index contributed by atoms with van der Waals surface area (Å²) in [5, 5.41) is 4.11. The van der Waals surface area contributed by atoms with E-state index < -0.39 is 0 Å². The van der Waals surface area contributed by atoms with Gasteiger partial charge in [-0.2, -0.15) is 5.10 Å². The van der Waals surface area contributed by atoms with E-state index in [9.17, 15) is 4.79 Å². The maximum atomic E-state index is 11.4. The summed E-state index contributed by atoms with van der Waals surface area (Å²) in [6.07, 6.45) is 2.40. The van der Waals surface area contributed by atoms with Gasteiger partial charge in [-0.3, -0.25) is 9.78 Å². The normalized spacial score (nSPS) is 11.8. The second-order valence-corrected chi connectivity index (χ2v) is 6.18. The minimum atomic E-state index is -0.181. The number of aromatic nitrogens is 2. The van der Waals surface area contributed by atoms with Crippen molar-refractivity contribution in [1.29, 1.82) is 0 Å². The first kappa shape index (κ1) is 15.9. The summed E-state index contributed by atoms with van der Waals surface area (Å²) in [6, 6.07) is 9.72. The van der Waals surface area contributed by atoms with Gasteiger partial charge in [0.25, 0.3) is 5.56 Å². The summed E-state index contributed by atoms with van der Waals surface area (Å²) in [5.41, 5.74) is 5.70. The van der Waals surface area contributed by atoms with Crippen LogP contribution in [0, 0.1) is 0 Å². The molecule has 0 saturated heterocycles. The Balaban J connectivity index is 2.06. The van der Waals surface area contributed by atoms with Gasteiger partial charge < -0.3 is 0 Å². The summed E-state index contributed by atoms with van der Waals surface area (Å²) in [5.74, 6) is 0.354. The molecule has 1 heterocycles. The highest BCUT2D eigenvalue weighted by Gasteiger charge is 2.12. The molecule has 0 bridgehead atoms. The summed E-state index contributed by atoms with van der Waals surface area (Å²) in [7, 11) is 0. The van der Waals surface area contributed by atoms with E-state index in [0.29, 0.717) is 12.4 Å². The van der Waals surface area contributed by atoms with Crippen LogP contribution in [0.5, 0.6) is 0 Å². The summed E-state index contributed by atoms with van der Waals surface area (Å²) in [6.45, 7) is 8.49. The topological polar surface area (TPSA) is 70.1 Å². The predicted molar refractivity (Wildman–Crippen MR) is 90.6 cm³/mol. The summed E-state index contributed by atoms with van der Waals surface area (Å²) in [4.78, 5) is 18.3. The lowest BCUT2D eigenvalue weighted by Gasteiger charge is -2.18. The van der Waals surface area contributed by atoms with Crippen molar-refractivity contribution < 1.29 is 0 Å². The summed E-state index contributed by atoms with van der Waals surface area (Å²) < 4.78 is 0. The van der Waals surface area contributed by atoms with E-state index in [0.717, 1.165) is 11.3 Å². The predicted octanol–water partition coefficient (Wildman–Crippen LogP) is 3.08. The number of benzene rings is 1. The van der Waals surface area contributed by atoms with Crippen molar-refractivity contribution in [3.63, 3.8) is 0 Å². The molecule has 5 heteroatoms. The average molecular weight is 298 g/mol. The smallest absolute Gasteiger partial charge is 0.252 e. The Kier molecular flexibility index (Phi) is 4.75. The Morgan fingerprint density at radius 2 is 1.95 bits per heavy atom.